The number of aromatic nitrogens is 1. The van der Waals surface area contributed by atoms with Crippen molar-refractivity contribution in [3.8, 4) is 0 Å². The van der Waals surface area contributed by atoms with Crippen molar-refractivity contribution < 1.29 is 9.53 Å². The SMILES string of the molecule is Cc1ccc(NC(=O)CC2COCCN2)cn1.Cl. The molecule has 2 N–H and O–H groups in total. The van der Waals surface area contributed by atoms with Gasteiger partial charge in [0.25, 0.3) is 0 Å². The zero-order chi connectivity index (χ0) is 12.1. The number of hydrogen-bond acceptors (Lipinski definition) is 4. The van der Waals surface area contributed by atoms with E-state index >= 15 is 0 Å². The Morgan fingerprint density at radius 1 is 1.61 bits per heavy atom. The highest BCUT2D eigenvalue weighted by atomic mass is 35.5. The number of nitrogens with one attached hydrogen (secondary N) is 2. The quantitative estimate of drug-likeness (QED) is 0.865. The number of nitrogens with zero attached hydrogens (tertiary/aromatic N) is 1. The molecule has 2 rings (SSSR count). The first-order valence-corrected chi connectivity index (χ1v) is 5.77. The van der Waals surface area contributed by atoms with E-state index in [0.717, 1.165) is 24.5 Å². The fraction of sp³-hybridized carbons (Fsp3) is 0.500. The number of carbonyl (C=O) groups excluding carboxylic acids is 1. The summed E-state index contributed by atoms with van der Waals surface area (Å²) in [5.74, 6) is -0.0151. The summed E-state index contributed by atoms with van der Waals surface area (Å²) in [6.07, 6.45) is 2.09. The fourth-order valence-electron chi connectivity index (χ4n) is 1.73. The standard InChI is InChI=1S/C12H17N3O2.ClH/c1-9-2-3-10(7-14-9)15-12(16)6-11-8-17-5-4-13-11;/h2-3,7,11,13H,4-6,8H2,1H3,(H,15,16);1H. The molecule has 6 heteroatoms. The van der Waals surface area contributed by atoms with Crippen LogP contribution in [0.1, 0.15) is 12.1 Å². The maximum Gasteiger partial charge on any atom is 0.226 e. The van der Waals surface area contributed by atoms with E-state index in [0.29, 0.717) is 13.0 Å². The average Bonchev–Trinajstić information content (AvgIpc) is 2.33. The minimum atomic E-state index is -0.0151. The number of hydrogen-bond donors (Lipinski definition) is 2. The molecule has 100 valence electrons. The number of aryl methyl sites for hydroxylation is 1. The summed E-state index contributed by atoms with van der Waals surface area (Å²) >= 11 is 0. The summed E-state index contributed by atoms with van der Waals surface area (Å²) in [5, 5.41) is 6.06. The number of halogens is 1. The van der Waals surface area contributed by atoms with Crippen LogP contribution in [0.25, 0.3) is 0 Å². The summed E-state index contributed by atoms with van der Waals surface area (Å²) in [5.41, 5.74) is 1.67. The van der Waals surface area contributed by atoms with Crippen molar-refractivity contribution in [3.63, 3.8) is 0 Å². The Morgan fingerprint density at radius 2 is 2.44 bits per heavy atom. The van der Waals surface area contributed by atoms with Crippen molar-refractivity contribution in [2.24, 2.45) is 0 Å². The molecule has 1 unspecified atom stereocenters. The molecule has 1 aliphatic heterocycles. The van der Waals surface area contributed by atoms with Gasteiger partial charge in [0.2, 0.25) is 5.91 Å². The average molecular weight is 272 g/mol. The van der Waals surface area contributed by atoms with Crippen molar-refractivity contribution in [1.82, 2.24) is 10.3 Å². The molecule has 0 radical (unpaired) electrons. The molecule has 1 aromatic rings. The predicted molar refractivity (Wildman–Crippen MR) is 72.1 cm³/mol. The Hall–Kier alpha value is -1.17. The topological polar surface area (TPSA) is 63.2 Å². The molecular formula is C12H18ClN3O2. The summed E-state index contributed by atoms with van der Waals surface area (Å²) in [4.78, 5) is 15.9. The fourth-order valence-corrected chi connectivity index (χ4v) is 1.73. The lowest BCUT2D eigenvalue weighted by atomic mass is 10.2. The van der Waals surface area contributed by atoms with E-state index in [2.05, 4.69) is 15.6 Å². The molecule has 0 aromatic carbocycles. The van der Waals surface area contributed by atoms with Gasteiger partial charge in [-0.1, -0.05) is 0 Å². The van der Waals surface area contributed by atoms with Crippen molar-refractivity contribution in [1.29, 1.82) is 0 Å². The van der Waals surface area contributed by atoms with Gasteiger partial charge in [0.05, 0.1) is 25.1 Å². The van der Waals surface area contributed by atoms with Crippen molar-refractivity contribution in [2.75, 3.05) is 25.1 Å². The predicted octanol–water partition coefficient (Wildman–Crippen LogP) is 1.13. The number of morpholine rings is 1. The molecule has 1 amide bonds. The van der Waals surface area contributed by atoms with Gasteiger partial charge in [0.15, 0.2) is 0 Å². The summed E-state index contributed by atoms with van der Waals surface area (Å²) < 4.78 is 5.29. The third kappa shape index (κ3) is 4.60. The summed E-state index contributed by atoms with van der Waals surface area (Å²) in [6.45, 7) is 4.04. The normalized spacial score (nSPS) is 18.8. The van der Waals surface area contributed by atoms with Crippen LogP contribution in [0.2, 0.25) is 0 Å². The minimum Gasteiger partial charge on any atom is -0.378 e. The summed E-state index contributed by atoms with van der Waals surface area (Å²) in [7, 11) is 0. The monoisotopic (exact) mass is 271 g/mol. The lowest BCUT2D eigenvalue weighted by Gasteiger charge is -2.23. The van der Waals surface area contributed by atoms with Crippen LogP contribution in [-0.4, -0.2) is 36.7 Å². The van der Waals surface area contributed by atoms with Gasteiger partial charge >= 0.3 is 0 Å². The Morgan fingerprint density at radius 3 is 3.06 bits per heavy atom. The van der Waals surface area contributed by atoms with Crippen LogP contribution in [-0.2, 0) is 9.53 Å². The lowest BCUT2D eigenvalue weighted by Crippen LogP contribution is -2.43. The van der Waals surface area contributed by atoms with Gasteiger partial charge in [-0.05, 0) is 19.1 Å². The van der Waals surface area contributed by atoms with E-state index in [-0.39, 0.29) is 24.4 Å². The van der Waals surface area contributed by atoms with Gasteiger partial charge in [-0.15, -0.1) is 12.4 Å². The number of ether oxygens (including phenoxy) is 1. The summed E-state index contributed by atoms with van der Waals surface area (Å²) in [6, 6.07) is 3.84. The molecule has 5 nitrogen and oxygen atoms in total. The molecule has 0 aliphatic carbocycles. The van der Waals surface area contributed by atoms with Crippen LogP contribution in [0.3, 0.4) is 0 Å². The molecule has 1 aliphatic rings. The van der Waals surface area contributed by atoms with Crippen LogP contribution < -0.4 is 10.6 Å². The van der Waals surface area contributed by atoms with E-state index in [4.69, 9.17) is 4.74 Å². The molecule has 0 spiro atoms. The van der Waals surface area contributed by atoms with E-state index in [1.54, 1.807) is 6.20 Å². The molecule has 1 fully saturated rings. The zero-order valence-electron chi connectivity index (χ0n) is 10.3. The third-order valence-electron chi connectivity index (χ3n) is 2.63. The Labute approximate surface area is 113 Å². The number of pyridine rings is 1. The lowest BCUT2D eigenvalue weighted by molar-refractivity contribution is -0.117. The molecular weight excluding hydrogens is 254 g/mol. The zero-order valence-corrected chi connectivity index (χ0v) is 11.1. The van der Waals surface area contributed by atoms with Gasteiger partial charge in [0.1, 0.15) is 0 Å². The van der Waals surface area contributed by atoms with Gasteiger partial charge in [-0.25, -0.2) is 0 Å². The molecule has 2 heterocycles. The Kier molecular flexibility index (Phi) is 6.04. The third-order valence-corrected chi connectivity index (χ3v) is 2.63. The van der Waals surface area contributed by atoms with Crippen LogP contribution >= 0.6 is 12.4 Å². The molecule has 18 heavy (non-hydrogen) atoms. The smallest absolute Gasteiger partial charge is 0.226 e. The first kappa shape index (κ1) is 14.9. The van der Waals surface area contributed by atoms with Gasteiger partial charge in [-0.3, -0.25) is 9.78 Å². The molecule has 1 saturated heterocycles. The highest BCUT2D eigenvalue weighted by Crippen LogP contribution is 2.07. The van der Waals surface area contributed by atoms with Crippen LogP contribution in [0.4, 0.5) is 5.69 Å². The van der Waals surface area contributed by atoms with Gasteiger partial charge < -0.3 is 15.4 Å². The van der Waals surface area contributed by atoms with Crippen molar-refractivity contribution in [3.05, 3.63) is 24.0 Å². The number of amides is 1. The van der Waals surface area contributed by atoms with E-state index in [9.17, 15) is 4.79 Å². The second-order valence-corrected chi connectivity index (χ2v) is 4.17. The van der Waals surface area contributed by atoms with E-state index in [1.807, 2.05) is 19.1 Å². The van der Waals surface area contributed by atoms with E-state index in [1.165, 1.54) is 0 Å². The first-order chi connectivity index (χ1) is 8.24. The van der Waals surface area contributed by atoms with Gasteiger partial charge in [0, 0.05) is 24.7 Å². The molecule has 0 saturated carbocycles. The van der Waals surface area contributed by atoms with Crippen molar-refractivity contribution >= 4 is 24.0 Å². The number of anilines is 1. The maximum absolute atomic E-state index is 11.7. The van der Waals surface area contributed by atoms with Crippen LogP contribution in [0.15, 0.2) is 18.3 Å². The van der Waals surface area contributed by atoms with Gasteiger partial charge in [-0.2, -0.15) is 0 Å². The van der Waals surface area contributed by atoms with Crippen LogP contribution in [0, 0.1) is 6.92 Å². The molecule has 0 bridgehead atoms. The minimum absolute atomic E-state index is 0. The largest absolute Gasteiger partial charge is 0.378 e. The van der Waals surface area contributed by atoms with Crippen molar-refractivity contribution in [2.45, 2.75) is 19.4 Å². The second kappa shape index (κ2) is 7.31. The highest BCUT2D eigenvalue weighted by Gasteiger charge is 2.16. The maximum atomic E-state index is 11.7. The Bertz CT molecular complexity index is 377. The highest BCUT2D eigenvalue weighted by molar-refractivity contribution is 5.90. The van der Waals surface area contributed by atoms with E-state index < -0.39 is 0 Å². The Balaban J connectivity index is 0.00000162. The molecule has 1 aromatic heterocycles. The second-order valence-electron chi connectivity index (χ2n) is 4.17. The molecule has 1 atom stereocenters. The first-order valence-electron chi connectivity index (χ1n) is 5.77. The number of carbonyl (C=O) groups is 1. The van der Waals surface area contributed by atoms with Crippen LogP contribution in [0.5, 0.6) is 0 Å². The number of rotatable bonds is 3.